The number of carbonyl (C=O) groups excluding carboxylic acids is 1. The van der Waals surface area contributed by atoms with Gasteiger partial charge in [-0.25, -0.2) is 0 Å². The van der Waals surface area contributed by atoms with E-state index in [4.69, 9.17) is 4.74 Å². The third kappa shape index (κ3) is 2.41. The number of rotatable bonds is 2. The maximum atomic E-state index is 11.7. The maximum absolute atomic E-state index is 11.7. The van der Waals surface area contributed by atoms with Gasteiger partial charge < -0.3 is 4.74 Å². The molecule has 2 nitrogen and oxygen atoms in total. The SMILES string of the molecule is COC(=O)[C@@H]1CCc2cc(C3CCCCC3)ccc21. The Hall–Kier alpha value is -1.31. The molecule has 0 aliphatic heterocycles. The second-order valence-electron chi connectivity index (χ2n) is 5.91. The van der Waals surface area contributed by atoms with Gasteiger partial charge in [-0.15, -0.1) is 0 Å². The first kappa shape index (κ1) is 12.7. The number of fused-ring (bicyclic) bond motifs is 1. The Bertz CT molecular complexity index is 472. The Morgan fingerprint density at radius 1 is 1.16 bits per heavy atom. The molecule has 0 unspecified atom stereocenters. The van der Waals surface area contributed by atoms with Crippen molar-refractivity contribution in [3.63, 3.8) is 0 Å². The average molecular weight is 258 g/mol. The van der Waals surface area contributed by atoms with Crippen molar-refractivity contribution < 1.29 is 9.53 Å². The van der Waals surface area contributed by atoms with Gasteiger partial charge in [0.1, 0.15) is 0 Å². The molecule has 0 heterocycles. The summed E-state index contributed by atoms with van der Waals surface area (Å²) in [5, 5.41) is 0. The molecular formula is C17H22O2. The van der Waals surface area contributed by atoms with E-state index in [2.05, 4.69) is 18.2 Å². The molecule has 0 radical (unpaired) electrons. The van der Waals surface area contributed by atoms with E-state index >= 15 is 0 Å². The van der Waals surface area contributed by atoms with Crippen molar-refractivity contribution in [2.45, 2.75) is 56.8 Å². The van der Waals surface area contributed by atoms with E-state index in [-0.39, 0.29) is 11.9 Å². The minimum absolute atomic E-state index is 0.0274. The van der Waals surface area contributed by atoms with Crippen molar-refractivity contribution in [2.75, 3.05) is 7.11 Å². The molecule has 1 atom stereocenters. The van der Waals surface area contributed by atoms with E-state index in [9.17, 15) is 4.79 Å². The molecule has 3 rings (SSSR count). The highest BCUT2D eigenvalue weighted by Gasteiger charge is 2.30. The fourth-order valence-corrected chi connectivity index (χ4v) is 3.71. The van der Waals surface area contributed by atoms with Gasteiger partial charge in [-0.1, -0.05) is 37.5 Å². The number of hydrogen-bond acceptors (Lipinski definition) is 2. The summed E-state index contributed by atoms with van der Waals surface area (Å²) in [6, 6.07) is 6.78. The zero-order valence-electron chi connectivity index (χ0n) is 11.7. The van der Waals surface area contributed by atoms with Gasteiger partial charge in [0.25, 0.3) is 0 Å². The summed E-state index contributed by atoms with van der Waals surface area (Å²) < 4.78 is 4.90. The van der Waals surface area contributed by atoms with E-state index in [0.29, 0.717) is 0 Å². The van der Waals surface area contributed by atoms with Crippen LogP contribution < -0.4 is 0 Å². The maximum Gasteiger partial charge on any atom is 0.313 e. The molecular weight excluding hydrogens is 236 g/mol. The molecule has 0 saturated heterocycles. The van der Waals surface area contributed by atoms with Crippen LogP contribution in [-0.4, -0.2) is 13.1 Å². The van der Waals surface area contributed by atoms with Gasteiger partial charge >= 0.3 is 5.97 Å². The van der Waals surface area contributed by atoms with Gasteiger partial charge in [-0.05, 0) is 48.3 Å². The molecule has 2 aliphatic rings. The molecule has 2 heteroatoms. The van der Waals surface area contributed by atoms with Gasteiger partial charge in [-0.2, -0.15) is 0 Å². The van der Waals surface area contributed by atoms with Crippen LogP contribution in [0.4, 0.5) is 0 Å². The molecule has 1 saturated carbocycles. The summed E-state index contributed by atoms with van der Waals surface area (Å²) in [4.78, 5) is 11.7. The lowest BCUT2D eigenvalue weighted by Gasteiger charge is -2.22. The molecule has 0 aromatic heterocycles. The summed E-state index contributed by atoms with van der Waals surface area (Å²) >= 11 is 0. The highest BCUT2D eigenvalue weighted by atomic mass is 16.5. The predicted molar refractivity (Wildman–Crippen MR) is 75.3 cm³/mol. The fourth-order valence-electron chi connectivity index (χ4n) is 3.71. The molecule has 1 aromatic rings. The molecule has 1 fully saturated rings. The first-order chi connectivity index (χ1) is 9.29. The summed E-state index contributed by atoms with van der Waals surface area (Å²) in [6.45, 7) is 0. The van der Waals surface area contributed by atoms with Gasteiger partial charge in [0, 0.05) is 0 Å². The second kappa shape index (κ2) is 5.36. The van der Waals surface area contributed by atoms with Crippen LogP contribution in [0.1, 0.15) is 67.1 Å². The molecule has 2 aliphatic carbocycles. The topological polar surface area (TPSA) is 26.3 Å². The van der Waals surface area contributed by atoms with E-state index < -0.39 is 0 Å². The normalized spacial score (nSPS) is 23.1. The number of methoxy groups -OCH3 is 1. The second-order valence-corrected chi connectivity index (χ2v) is 5.91. The predicted octanol–water partition coefficient (Wildman–Crippen LogP) is 3.94. The first-order valence-electron chi connectivity index (χ1n) is 7.50. The lowest BCUT2D eigenvalue weighted by molar-refractivity contribution is -0.142. The Morgan fingerprint density at radius 3 is 2.68 bits per heavy atom. The van der Waals surface area contributed by atoms with E-state index in [1.165, 1.54) is 55.9 Å². The third-order valence-electron chi connectivity index (χ3n) is 4.81. The molecule has 0 amide bonds. The lowest BCUT2D eigenvalue weighted by atomic mass is 9.83. The van der Waals surface area contributed by atoms with Crippen molar-refractivity contribution >= 4 is 5.97 Å². The van der Waals surface area contributed by atoms with E-state index in [0.717, 1.165) is 18.8 Å². The standard InChI is InChI=1S/C17H22O2/c1-19-17(18)16-10-8-14-11-13(7-9-15(14)16)12-5-3-2-4-6-12/h7,9,11-12,16H,2-6,8,10H2,1H3/t16-/m1/s1. The highest BCUT2D eigenvalue weighted by Crippen LogP contribution is 2.38. The van der Waals surface area contributed by atoms with Gasteiger partial charge in [-0.3, -0.25) is 4.79 Å². The Kier molecular flexibility index (Phi) is 3.58. The van der Waals surface area contributed by atoms with Crippen molar-refractivity contribution in [1.82, 2.24) is 0 Å². The zero-order valence-corrected chi connectivity index (χ0v) is 11.7. The number of ether oxygens (including phenoxy) is 1. The Morgan fingerprint density at radius 2 is 1.95 bits per heavy atom. The van der Waals surface area contributed by atoms with E-state index in [1.807, 2.05) is 0 Å². The Balaban J connectivity index is 1.83. The zero-order chi connectivity index (χ0) is 13.2. The quantitative estimate of drug-likeness (QED) is 0.751. The average Bonchev–Trinajstić information content (AvgIpc) is 2.90. The Labute approximate surface area is 115 Å². The molecule has 0 bridgehead atoms. The summed E-state index contributed by atoms with van der Waals surface area (Å²) in [5.74, 6) is 0.640. The smallest absolute Gasteiger partial charge is 0.313 e. The van der Waals surface area contributed by atoms with Crippen LogP contribution in [-0.2, 0) is 16.0 Å². The van der Waals surface area contributed by atoms with Crippen LogP contribution in [0.5, 0.6) is 0 Å². The number of aryl methyl sites for hydroxylation is 1. The third-order valence-corrected chi connectivity index (χ3v) is 4.81. The molecule has 0 N–H and O–H groups in total. The van der Waals surface area contributed by atoms with E-state index in [1.54, 1.807) is 0 Å². The number of hydrogen-bond donors (Lipinski definition) is 0. The minimum Gasteiger partial charge on any atom is -0.469 e. The molecule has 102 valence electrons. The molecule has 1 aromatic carbocycles. The van der Waals surface area contributed by atoms with Crippen molar-refractivity contribution in [3.05, 3.63) is 34.9 Å². The first-order valence-corrected chi connectivity index (χ1v) is 7.50. The monoisotopic (exact) mass is 258 g/mol. The van der Waals surface area contributed by atoms with Crippen LogP contribution in [0.25, 0.3) is 0 Å². The molecule has 0 spiro atoms. The lowest BCUT2D eigenvalue weighted by Crippen LogP contribution is -2.11. The van der Waals surface area contributed by atoms with Crippen molar-refractivity contribution in [1.29, 1.82) is 0 Å². The molecule has 19 heavy (non-hydrogen) atoms. The van der Waals surface area contributed by atoms with Crippen molar-refractivity contribution in [2.24, 2.45) is 0 Å². The van der Waals surface area contributed by atoms with Crippen LogP contribution >= 0.6 is 0 Å². The number of benzene rings is 1. The van der Waals surface area contributed by atoms with Gasteiger partial charge in [0.2, 0.25) is 0 Å². The van der Waals surface area contributed by atoms with Gasteiger partial charge in [0.05, 0.1) is 13.0 Å². The van der Waals surface area contributed by atoms with Crippen LogP contribution in [0.3, 0.4) is 0 Å². The van der Waals surface area contributed by atoms with Crippen LogP contribution in [0.2, 0.25) is 0 Å². The van der Waals surface area contributed by atoms with Crippen LogP contribution in [0, 0.1) is 0 Å². The summed E-state index contributed by atoms with van der Waals surface area (Å²) in [6.07, 6.45) is 8.73. The summed E-state index contributed by atoms with van der Waals surface area (Å²) in [5.41, 5.74) is 4.06. The van der Waals surface area contributed by atoms with Gasteiger partial charge in [0.15, 0.2) is 0 Å². The van der Waals surface area contributed by atoms with Crippen LogP contribution in [0.15, 0.2) is 18.2 Å². The number of carbonyl (C=O) groups is 1. The largest absolute Gasteiger partial charge is 0.469 e. The summed E-state index contributed by atoms with van der Waals surface area (Å²) in [7, 11) is 1.48. The van der Waals surface area contributed by atoms with Crippen molar-refractivity contribution in [3.8, 4) is 0 Å². The highest BCUT2D eigenvalue weighted by molar-refractivity contribution is 5.79. The fraction of sp³-hybridized carbons (Fsp3) is 0.588. The number of esters is 1. The minimum atomic E-state index is -0.0795.